The van der Waals surface area contributed by atoms with Crippen LogP contribution in [0, 0.1) is 12.8 Å². The molecule has 0 spiro atoms. The Balaban J connectivity index is 1.57. The summed E-state index contributed by atoms with van der Waals surface area (Å²) in [5.41, 5.74) is 9.48. The number of hydrogen-bond acceptors (Lipinski definition) is 8. The summed E-state index contributed by atoms with van der Waals surface area (Å²) in [5.74, 6) is 0.191. The van der Waals surface area contributed by atoms with E-state index in [0.29, 0.717) is 31.1 Å². The summed E-state index contributed by atoms with van der Waals surface area (Å²) in [5, 5.41) is 2.89. The fraction of sp³-hybridized carbons (Fsp3) is 0.286. The predicted molar refractivity (Wildman–Crippen MR) is 112 cm³/mol. The lowest BCUT2D eigenvalue weighted by molar-refractivity contribution is 0.0941. The van der Waals surface area contributed by atoms with Crippen LogP contribution in [0.5, 0.6) is 0 Å². The minimum Gasteiger partial charge on any atom is -0.443 e. The first-order valence-corrected chi connectivity index (χ1v) is 9.97. The van der Waals surface area contributed by atoms with Crippen molar-refractivity contribution in [1.82, 2.24) is 29.7 Å². The molecule has 1 fully saturated rings. The summed E-state index contributed by atoms with van der Waals surface area (Å²) in [4.78, 5) is 30.4. The second-order valence-electron chi connectivity index (χ2n) is 7.48. The zero-order valence-electron chi connectivity index (χ0n) is 16.9. The van der Waals surface area contributed by atoms with Crippen molar-refractivity contribution in [3.05, 3.63) is 48.4 Å². The Labute approximate surface area is 177 Å². The zero-order chi connectivity index (χ0) is 21.4. The van der Waals surface area contributed by atoms with Crippen LogP contribution < -0.4 is 11.1 Å². The third-order valence-electron chi connectivity index (χ3n) is 5.31. The molecule has 0 unspecified atom stereocenters. The second kappa shape index (κ2) is 7.80. The molecule has 0 bridgehead atoms. The molecular formula is C21H21N7O3. The van der Waals surface area contributed by atoms with Crippen LogP contribution in [0.2, 0.25) is 0 Å². The van der Waals surface area contributed by atoms with Gasteiger partial charge >= 0.3 is 0 Å². The fourth-order valence-electron chi connectivity index (χ4n) is 3.61. The maximum absolute atomic E-state index is 12.8. The molecule has 1 aliphatic heterocycles. The maximum Gasteiger partial charge on any atom is 0.273 e. The molecule has 10 heteroatoms. The highest BCUT2D eigenvalue weighted by atomic mass is 16.5. The first-order valence-electron chi connectivity index (χ1n) is 9.97. The van der Waals surface area contributed by atoms with Gasteiger partial charge in [-0.25, -0.2) is 19.9 Å². The highest BCUT2D eigenvalue weighted by molar-refractivity contribution is 5.97. The van der Waals surface area contributed by atoms with Crippen LogP contribution >= 0.6 is 0 Å². The van der Waals surface area contributed by atoms with E-state index in [0.717, 1.165) is 23.3 Å². The van der Waals surface area contributed by atoms with Crippen LogP contribution in [0.25, 0.3) is 28.5 Å². The number of carbonyl (C=O) groups is 1. The summed E-state index contributed by atoms with van der Waals surface area (Å²) in [7, 11) is 0. The molecule has 3 N–H and O–H groups in total. The quantitative estimate of drug-likeness (QED) is 0.502. The number of nitrogens with two attached hydrogens (primary N) is 1. The molecule has 0 saturated carbocycles. The van der Waals surface area contributed by atoms with Crippen LogP contribution in [0.15, 0.2) is 41.4 Å². The third kappa shape index (κ3) is 3.61. The first-order chi connectivity index (χ1) is 15.1. The third-order valence-corrected chi connectivity index (χ3v) is 5.31. The number of nitrogens with zero attached hydrogens (tertiary/aromatic N) is 5. The Kier molecular flexibility index (Phi) is 4.83. The van der Waals surface area contributed by atoms with Gasteiger partial charge in [-0.05, 0) is 25.5 Å². The lowest BCUT2D eigenvalue weighted by atomic mass is 10.1. The van der Waals surface area contributed by atoms with Crippen molar-refractivity contribution >= 4 is 17.4 Å². The van der Waals surface area contributed by atoms with E-state index in [-0.39, 0.29) is 29.2 Å². The summed E-state index contributed by atoms with van der Waals surface area (Å²) < 4.78 is 12.7. The summed E-state index contributed by atoms with van der Waals surface area (Å²) >= 11 is 0. The Morgan fingerprint density at radius 3 is 2.97 bits per heavy atom. The van der Waals surface area contributed by atoms with E-state index in [2.05, 4.69) is 25.3 Å². The van der Waals surface area contributed by atoms with Gasteiger partial charge in [0.15, 0.2) is 17.2 Å². The molecule has 5 heterocycles. The standard InChI is InChI=1S/C21H21N7O3/c1-12-8-24-15-3-2-14(10-28(12)15)16-17(21-23-5-7-31-21)27-19(22)18(26-16)20(29)25-9-13-4-6-30-11-13/h2-3,5,7-8,10,13H,4,6,9,11H2,1H3,(H2,22,27)(H,25,29)/t13-/m0/s1. The minimum absolute atomic E-state index is 0.0111. The van der Waals surface area contributed by atoms with E-state index in [1.165, 1.54) is 12.5 Å². The molecule has 4 aromatic rings. The van der Waals surface area contributed by atoms with Crippen molar-refractivity contribution in [3.63, 3.8) is 0 Å². The summed E-state index contributed by atoms with van der Waals surface area (Å²) in [6.45, 7) is 3.81. The number of carbonyl (C=O) groups excluding carboxylic acids is 1. The number of pyridine rings is 1. The van der Waals surface area contributed by atoms with Crippen LogP contribution in [-0.4, -0.2) is 50.0 Å². The van der Waals surface area contributed by atoms with Gasteiger partial charge in [-0.15, -0.1) is 0 Å². The number of oxazole rings is 1. The van der Waals surface area contributed by atoms with E-state index in [9.17, 15) is 4.79 Å². The summed E-state index contributed by atoms with van der Waals surface area (Å²) in [6.07, 6.45) is 7.56. The van der Waals surface area contributed by atoms with Gasteiger partial charge in [0.2, 0.25) is 5.89 Å². The number of aryl methyl sites for hydroxylation is 1. The number of fused-ring (bicyclic) bond motifs is 1. The number of nitrogens with one attached hydrogen (secondary N) is 1. The van der Waals surface area contributed by atoms with Gasteiger partial charge in [0.05, 0.1) is 12.8 Å². The number of rotatable bonds is 5. The van der Waals surface area contributed by atoms with E-state index in [1.807, 2.05) is 29.7 Å². The average molecular weight is 419 g/mol. The predicted octanol–water partition coefficient (Wildman–Crippen LogP) is 2.10. The van der Waals surface area contributed by atoms with Crippen LogP contribution in [0.1, 0.15) is 22.6 Å². The van der Waals surface area contributed by atoms with Gasteiger partial charge in [-0.3, -0.25) is 4.79 Å². The number of ether oxygens (including phenoxy) is 1. The summed E-state index contributed by atoms with van der Waals surface area (Å²) in [6, 6.07) is 3.74. The molecule has 5 rings (SSSR count). The molecule has 1 atom stereocenters. The van der Waals surface area contributed by atoms with Gasteiger partial charge in [0, 0.05) is 42.7 Å². The fourth-order valence-corrected chi connectivity index (χ4v) is 3.61. The van der Waals surface area contributed by atoms with E-state index in [4.69, 9.17) is 14.9 Å². The van der Waals surface area contributed by atoms with Crippen LogP contribution in [0.4, 0.5) is 5.82 Å². The van der Waals surface area contributed by atoms with Gasteiger partial charge in [0.1, 0.15) is 17.6 Å². The number of aromatic nitrogens is 5. The van der Waals surface area contributed by atoms with Crippen molar-refractivity contribution in [1.29, 1.82) is 0 Å². The first kappa shape index (κ1) is 19.2. The molecule has 0 aliphatic carbocycles. The van der Waals surface area contributed by atoms with Crippen molar-refractivity contribution in [2.24, 2.45) is 5.92 Å². The van der Waals surface area contributed by atoms with Crippen LogP contribution in [-0.2, 0) is 4.74 Å². The van der Waals surface area contributed by atoms with Gasteiger partial charge in [-0.2, -0.15) is 0 Å². The lowest BCUT2D eigenvalue weighted by Gasteiger charge is -2.13. The van der Waals surface area contributed by atoms with Gasteiger partial charge < -0.3 is 24.6 Å². The van der Waals surface area contributed by atoms with Crippen LogP contribution in [0.3, 0.4) is 0 Å². The molecule has 1 amide bonds. The smallest absolute Gasteiger partial charge is 0.273 e. The number of nitrogen functional groups attached to an aromatic ring is 1. The molecule has 1 saturated heterocycles. The van der Waals surface area contributed by atoms with Crippen molar-refractivity contribution in [3.8, 4) is 22.8 Å². The largest absolute Gasteiger partial charge is 0.443 e. The maximum atomic E-state index is 12.8. The molecule has 1 aliphatic rings. The van der Waals surface area contributed by atoms with Gasteiger partial charge in [-0.1, -0.05) is 0 Å². The van der Waals surface area contributed by atoms with E-state index >= 15 is 0 Å². The van der Waals surface area contributed by atoms with Gasteiger partial charge in [0.25, 0.3) is 5.91 Å². The SMILES string of the molecule is Cc1cnc2ccc(-c3nc(C(=O)NC[C@@H]4CCOC4)c(N)nc3-c3ncco3)cn12. The molecule has 4 aromatic heterocycles. The van der Waals surface area contributed by atoms with Crippen molar-refractivity contribution < 1.29 is 13.9 Å². The Hall–Kier alpha value is -3.79. The van der Waals surface area contributed by atoms with Crippen molar-refractivity contribution in [2.75, 3.05) is 25.5 Å². The highest BCUT2D eigenvalue weighted by Crippen LogP contribution is 2.30. The molecule has 0 aromatic carbocycles. The molecular weight excluding hydrogens is 398 g/mol. The Morgan fingerprint density at radius 2 is 2.19 bits per heavy atom. The number of anilines is 1. The molecule has 0 radical (unpaired) electrons. The van der Waals surface area contributed by atoms with Crippen molar-refractivity contribution in [2.45, 2.75) is 13.3 Å². The number of imidazole rings is 1. The molecule has 31 heavy (non-hydrogen) atoms. The normalized spacial score (nSPS) is 16.1. The van der Waals surface area contributed by atoms with E-state index in [1.54, 1.807) is 6.20 Å². The Morgan fingerprint density at radius 1 is 1.29 bits per heavy atom. The Bertz CT molecular complexity index is 1240. The highest BCUT2D eigenvalue weighted by Gasteiger charge is 2.23. The zero-order valence-corrected chi connectivity index (χ0v) is 16.9. The van der Waals surface area contributed by atoms with E-state index < -0.39 is 0 Å². The number of hydrogen-bond donors (Lipinski definition) is 2. The molecule has 10 nitrogen and oxygen atoms in total. The monoisotopic (exact) mass is 419 g/mol. The minimum atomic E-state index is -0.378. The topological polar surface area (TPSA) is 133 Å². The lowest BCUT2D eigenvalue weighted by Crippen LogP contribution is -2.31. The molecule has 158 valence electrons. The average Bonchev–Trinajstić information content (AvgIpc) is 3.55. The second-order valence-corrected chi connectivity index (χ2v) is 7.48. The number of amides is 1.